The van der Waals surface area contributed by atoms with Gasteiger partial charge in [0.05, 0.1) is 18.4 Å². The van der Waals surface area contributed by atoms with Crippen molar-refractivity contribution in [2.75, 3.05) is 11.9 Å². The highest BCUT2D eigenvalue weighted by Gasteiger charge is 2.20. The van der Waals surface area contributed by atoms with E-state index in [1.807, 2.05) is 29.1 Å². The van der Waals surface area contributed by atoms with Crippen molar-refractivity contribution in [3.63, 3.8) is 0 Å². The van der Waals surface area contributed by atoms with Gasteiger partial charge in [-0.25, -0.2) is 0 Å². The van der Waals surface area contributed by atoms with E-state index < -0.39 is 0 Å². The number of hydrogen-bond donors (Lipinski definition) is 2. The van der Waals surface area contributed by atoms with E-state index in [0.29, 0.717) is 19.0 Å². The molecule has 1 aromatic heterocycles. The Kier molecular flexibility index (Phi) is 4.31. The van der Waals surface area contributed by atoms with Crippen molar-refractivity contribution >= 4 is 11.6 Å². The Morgan fingerprint density at radius 3 is 2.86 bits per heavy atom. The van der Waals surface area contributed by atoms with Crippen molar-refractivity contribution < 1.29 is 4.79 Å². The fourth-order valence-corrected chi connectivity index (χ4v) is 2.19. The first-order valence-electron chi connectivity index (χ1n) is 7.39. The Morgan fingerprint density at radius 2 is 2.10 bits per heavy atom. The van der Waals surface area contributed by atoms with E-state index in [-0.39, 0.29) is 5.91 Å². The van der Waals surface area contributed by atoms with Crippen LogP contribution in [0.25, 0.3) is 0 Å². The van der Waals surface area contributed by atoms with Crippen molar-refractivity contribution in [2.45, 2.75) is 31.8 Å². The molecule has 21 heavy (non-hydrogen) atoms. The molecule has 1 amide bonds. The molecule has 0 unspecified atom stereocenters. The molecule has 5 nitrogen and oxygen atoms in total. The summed E-state index contributed by atoms with van der Waals surface area (Å²) in [6.07, 6.45) is 6.54. The smallest absolute Gasteiger partial charge is 0.225 e. The van der Waals surface area contributed by atoms with Crippen LogP contribution in [0.4, 0.5) is 5.69 Å². The van der Waals surface area contributed by atoms with Crippen LogP contribution in [0.1, 0.15) is 24.8 Å². The summed E-state index contributed by atoms with van der Waals surface area (Å²) in [6.45, 7) is 1.45. The third-order valence-electron chi connectivity index (χ3n) is 3.47. The van der Waals surface area contributed by atoms with Crippen LogP contribution in [0.2, 0.25) is 0 Å². The zero-order chi connectivity index (χ0) is 14.5. The molecule has 0 bridgehead atoms. The van der Waals surface area contributed by atoms with E-state index in [1.54, 1.807) is 6.20 Å². The lowest BCUT2D eigenvalue weighted by Crippen LogP contribution is -2.23. The number of amides is 1. The summed E-state index contributed by atoms with van der Waals surface area (Å²) in [6, 6.07) is 10.8. The summed E-state index contributed by atoms with van der Waals surface area (Å²) < 4.78 is 1.83. The third-order valence-corrected chi connectivity index (χ3v) is 3.47. The average molecular weight is 284 g/mol. The van der Waals surface area contributed by atoms with Gasteiger partial charge in [0.2, 0.25) is 5.91 Å². The SMILES string of the molecule is O=C(CCNC1CC1)Nc1cnn(Cc2ccccc2)c1. The monoisotopic (exact) mass is 284 g/mol. The highest BCUT2D eigenvalue weighted by Crippen LogP contribution is 2.18. The van der Waals surface area contributed by atoms with Crippen LogP contribution in [-0.2, 0) is 11.3 Å². The van der Waals surface area contributed by atoms with Crippen molar-refractivity contribution in [3.8, 4) is 0 Å². The molecule has 1 heterocycles. The predicted octanol–water partition coefficient (Wildman–Crippen LogP) is 2.01. The Balaban J connectivity index is 1.46. The van der Waals surface area contributed by atoms with Crippen molar-refractivity contribution in [3.05, 3.63) is 48.3 Å². The summed E-state index contributed by atoms with van der Waals surface area (Å²) in [5, 5.41) is 10.5. The third kappa shape index (κ3) is 4.43. The molecule has 0 spiro atoms. The van der Waals surface area contributed by atoms with Gasteiger partial charge in [-0.05, 0) is 18.4 Å². The van der Waals surface area contributed by atoms with Gasteiger partial charge in [-0.3, -0.25) is 9.48 Å². The lowest BCUT2D eigenvalue weighted by Gasteiger charge is -2.03. The molecule has 0 aliphatic heterocycles. The lowest BCUT2D eigenvalue weighted by molar-refractivity contribution is -0.116. The van der Waals surface area contributed by atoms with Crippen LogP contribution in [0.15, 0.2) is 42.7 Å². The van der Waals surface area contributed by atoms with Crippen LogP contribution in [-0.4, -0.2) is 28.3 Å². The summed E-state index contributed by atoms with van der Waals surface area (Å²) >= 11 is 0. The zero-order valence-electron chi connectivity index (χ0n) is 12.0. The van der Waals surface area contributed by atoms with E-state index in [1.165, 1.54) is 18.4 Å². The topological polar surface area (TPSA) is 59.0 Å². The molecule has 0 saturated heterocycles. The van der Waals surface area contributed by atoms with E-state index in [9.17, 15) is 4.79 Å². The summed E-state index contributed by atoms with van der Waals surface area (Å²) in [5.74, 6) is 0.0300. The van der Waals surface area contributed by atoms with Crippen molar-refractivity contribution in [1.29, 1.82) is 0 Å². The molecular weight excluding hydrogens is 264 g/mol. The first-order chi connectivity index (χ1) is 10.3. The number of hydrogen-bond acceptors (Lipinski definition) is 3. The van der Waals surface area contributed by atoms with E-state index >= 15 is 0 Å². The molecule has 1 aliphatic rings. The molecule has 110 valence electrons. The number of anilines is 1. The molecule has 1 fully saturated rings. The minimum absolute atomic E-state index is 0.0300. The van der Waals surface area contributed by atoms with Crippen LogP contribution in [0.3, 0.4) is 0 Å². The first-order valence-corrected chi connectivity index (χ1v) is 7.39. The molecule has 3 rings (SSSR count). The van der Waals surface area contributed by atoms with Gasteiger partial charge in [-0.2, -0.15) is 5.10 Å². The number of carbonyl (C=O) groups excluding carboxylic acids is 1. The Bertz CT molecular complexity index is 589. The minimum Gasteiger partial charge on any atom is -0.323 e. The quantitative estimate of drug-likeness (QED) is 0.817. The van der Waals surface area contributed by atoms with E-state index in [2.05, 4.69) is 27.9 Å². The Hall–Kier alpha value is -2.14. The standard InChI is InChI=1S/C16H20N4O/c21-16(8-9-17-14-6-7-14)19-15-10-18-20(12-15)11-13-4-2-1-3-5-13/h1-5,10,12,14,17H,6-9,11H2,(H,19,21). The number of rotatable bonds is 7. The van der Waals surface area contributed by atoms with Gasteiger partial charge in [-0.1, -0.05) is 30.3 Å². The average Bonchev–Trinajstić information content (AvgIpc) is 3.21. The fraction of sp³-hybridized carbons (Fsp3) is 0.375. The van der Waals surface area contributed by atoms with E-state index in [4.69, 9.17) is 0 Å². The van der Waals surface area contributed by atoms with Crippen LogP contribution in [0.5, 0.6) is 0 Å². The van der Waals surface area contributed by atoms with Gasteiger partial charge in [0.15, 0.2) is 0 Å². The number of benzene rings is 1. The molecule has 2 aromatic rings. The molecular formula is C16H20N4O. The number of nitrogens with one attached hydrogen (secondary N) is 2. The van der Waals surface area contributed by atoms with E-state index in [0.717, 1.165) is 12.2 Å². The molecule has 2 N–H and O–H groups in total. The molecule has 1 saturated carbocycles. The van der Waals surface area contributed by atoms with Gasteiger partial charge < -0.3 is 10.6 Å². The number of carbonyl (C=O) groups is 1. The van der Waals surface area contributed by atoms with Crippen LogP contribution < -0.4 is 10.6 Å². The predicted molar refractivity (Wildman–Crippen MR) is 82.0 cm³/mol. The maximum atomic E-state index is 11.8. The maximum absolute atomic E-state index is 11.8. The minimum atomic E-state index is 0.0300. The number of aromatic nitrogens is 2. The lowest BCUT2D eigenvalue weighted by atomic mass is 10.2. The van der Waals surface area contributed by atoms with Gasteiger partial charge in [0.1, 0.15) is 0 Å². The highest BCUT2D eigenvalue weighted by molar-refractivity contribution is 5.90. The van der Waals surface area contributed by atoms with Crippen LogP contribution >= 0.6 is 0 Å². The molecule has 1 aliphatic carbocycles. The van der Waals surface area contributed by atoms with Crippen molar-refractivity contribution in [2.24, 2.45) is 0 Å². The second kappa shape index (κ2) is 6.54. The molecule has 0 atom stereocenters. The van der Waals surface area contributed by atoms with Crippen molar-refractivity contribution in [1.82, 2.24) is 15.1 Å². The highest BCUT2D eigenvalue weighted by atomic mass is 16.1. The second-order valence-corrected chi connectivity index (χ2v) is 5.44. The Morgan fingerprint density at radius 1 is 1.29 bits per heavy atom. The summed E-state index contributed by atoms with van der Waals surface area (Å²) in [4.78, 5) is 11.8. The van der Waals surface area contributed by atoms with Crippen LogP contribution in [0, 0.1) is 0 Å². The maximum Gasteiger partial charge on any atom is 0.225 e. The van der Waals surface area contributed by atoms with Gasteiger partial charge in [0, 0.05) is 25.2 Å². The second-order valence-electron chi connectivity index (χ2n) is 5.44. The molecule has 0 radical (unpaired) electrons. The van der Waals surface area contributed by atoms with Gasteiger partial charge in [0.25, 0.3) is 0 Å². The molecule has 5 heteroatoms. The molecule has 1 aromatic carbocycles. The fourth-order valence-electron chi connectivity index (χ4n) is 2.19. The summed E-state index contributed by atoms with van der Waals surface area (Å²) in [5.41, 5.74) is 1.94. The Labute approximate surface area is 124 Å². The van der Waals surface area contributed by atoms with Gasteiger partial charge >= 0.3 is 0 Å². The largest absolute Gasteiger partial charge is 0.323 e. The summed E-state index contributed by atoms with van der Waals surface area (Å²) in [7, 11) is 0. The van der Waals surface area contributed by atoms with Gasteiger partial charge in [-0.15, -0.1) is 0 Å². The zero-order valence-corrected chi connectivity index (χ0v) is 12.0. The normalized spacial score (nSPS) is 14.1. The number of nitrogens with zero attached hydrogens (tertiary/aromatic N) is 2. The first kappa shape index (κ1) is 13.8.